The fraction of sp³-hybridized carbons (Fsp3) is 0.304. The van der Waals surface area contributed by atoms with Crippen molar-refractivity contribution in [3.8, 4) is 28.4 Å². The molecule has 0 saturated carbocycles. The van der Waals surface area contributed by atoms with E-state index in [9.17, 15) is 8.42 Å². The van der Waals surface area contributed by atoms with Gasteiger partial charge in [-0.3, -0.25) is 13.8 Å². The summed E-state index contributed by atoms with van der Waals surface area (Å²) in [5.41, 5.74) is 6.59. The molecule has 0 atom stereocenters. The molecule has 9 nitrogen and oxygen atoms in total. The average molecular weight is 466 g/mol. The van der Waals surface area contributed by atoms with Gasteiger partial charge in [-0.25, -0.2) is 9.97 Å². The van der Waals surface area contributed by atoms with Crippen molar-refractivity contribution in [1.29, 1.82) is 0 Å². The molecule has 1 aliphatic rings. The zero-order valence-electron chi connectivity index (χ0n) is 18.4. The van der Waals surface area contributed by atoms with Crippen LogP contribution in [0, 0.1) is 6.92 Å². The van der Waals surface area contributed by atoms with Gasteiger partial charge < -0.3 is 4.74 Å². The van der Waals surface area contributed by atoms with Gasteiger partial charge in [0.1, 0.15) is 25.2 Å². The van der Waals surface area contributed by atoms with Crippen molar-refractivity contribution < 1.29 is 17.3 Å². The molecule has 0 amide bonds. The second-order valence-corrected chi connectivity index (χ2v) is 9.59. The van der Waals surface area contributed by atoms with Crippen LogP contribution in [0.2, 0.25) is 0 Å². The fourth-order valence-corrected chi connectivity index (χ4v) is 4.49. The molecule has 1 aromatic carbocycles. The second kappa shape index (κ2) is 8.53. The van der Waals surface area contributed by atoms with E-state index in [1.165, 1.54) is 12.0 Å². The minimum Gasteiger partial charge on any atom is -0.475 e. The molecule has 0 spiro atoms. The summed E-state index contributed by atoms with van der Waals surface area (Å²) in [5, 5.41) is 5.61. The number of nitrogens with zero attached hydrogens (tertiary/aromatic N) is 5. The Hall–Kier alpha value is -3.37. The topological polar surface area (TPSA) is 109 Å². The fourth-order valence-electron chi connectivity index (χ4n) is 4.12. The smallest absolute Gasteiger partial charge is 0.264 e. The molecule has 3 aromatic heterocycles. The number of aryl methyl sites for hydroxylation is 2. The lowest BCUT2D eigenvalue weighted by Crippen LogP contribution is -2.12. The molecule has 0 saturated heterocycles. The average Bonchev–Trinajstić information content (AvgIpc) is 3.37. The Bertz CT molecular complexity index is 1450. The predicted octanol–water partition coefficient (Wildman–Crippen LogP) is 3.16. The maximum absolute atomic E-state index is 11.2. The highest BCUT2D eigenvalue weighted by molar-refractivity contribution is 7.85. The quantitative estimate of drug-likeness (QED) is 0.302. The predicted molar refractivity (Wildman–Crippen MR) is 123 cm³/mol. The Labute approximate surface area is 191 Å². The van der Waals surface area contributed by atoms with Crippen molar-refractivity contribution in [3.05, 3.63) is 54.1 Å². The molecule has 170 valence electrons. The molecular weight excluding hydrogens is 442 g/mol. The highest BCUT2D eigenvalue weighted by atomic mass is 32.2. The monoisotopic (exact) mass is 465 g/mol. The van der Waals surface area contributed by atoms with Gasteiger partial charge in [0.25, 0.3) is 10.1 Å². The van der Waals surface area contributed by atoms with Crippen LogP contribution in [0.5, 0.6) is 5.88 Å². The van der Waals surface area contributed by atoms with Crippen LogP contribution in [0.15, 0.2) is 42.7 Å². The molecule has 0 N–H and O–H groups in total. The second-order valence-electron chi connectivity index (χ2n) is 7.95. The number of hydrogen-bond acceptors (Lipinski definition) is 8. The van der Waals surface area contributed by atoms with E-state index in [4.69, 9.17) is 19.0 Å². The first kappa shape index (κ1) is 21.5. The van der Waals surface area contributed by atoms with Crippen LogP contribution in [-0.2, 0) is 27.3 Å². The number of rotatable bonds is 7. The summed E-state index contributed by atoms with van der Waals surface area (Å²) in [6.45, 7) is 2.81. The van der Waals surface area contributed by atoms with Gasteiger partial charge in [-0.05, 0) is 49.6 Å². The Kier molecular flexibility index (Phi) is 5.55. The maximum Gasteiger partial charge on any atom is 0.264 e. The minimum absolute atomic E-state index is 0.0467. The van der Waals surface area contributed by atoms with Gasteiger partial charge in [0.2, 0.25) is 5.88 Å². The van der Waals surface area contributed by atoms with Crippen LogP contribution in [0.25, 0.3) is 33.4 Å². The van der Waals surface area contributed by atoms with Crippen molar-refractivity contribution in [1.82, 2.24) is 24.7 Å². The number of fused-ring (bicyclic) bond motifs is 2. The van der Waals surface area contributed by atoms with Crippen LogP contribution in [0.4, 0.5) is 0 Å². The van der Waals surface area contributed by atoms with Gasteiger partial charge in [0.15, 0.2) is 0 Å². The molecular formula is C23H23N5O4S. The molecule has 0 radical (unpaired) electrons. The molecule has 1 aliphatic heterocycles. The highest BCUT2D eigenvalue weighted by Gasteiger charge is 2.25. The van der Waals surface area contributed by atoms with E-state index in [2.05, 4.69) is 14.6 Å². The van der Waals surface area contributed by atoms with Crippen LogP contribution >= 0.6 is 0 Å². The summed E-state index contributed by atoms with van der Waals surface area (Å²) >= 11 is 0. The van der Waals surface area contributed by atoms with Gasteiger partial charge in [-0.2, -0.15) is 13.5 Å². The number of benzene rings is 1. The van der Waals surface area contributed by atoms with Crippen LogP contribution < -0.4 is 4.74 Å². The molecule has 0 fully saturated rings. The molecule has 4 heterocycles. The first-order chi connectivity index (χ1) is 15.9. The summed E-state index contributed by atoms with van der Waals surface area (Å²) in [6.07, 6.45) is 4.44. The maximum atomic E-state index is 11.2. The van der Waals surface area contributed by atoms with Crippen molar-refractivity contribution in [2.24, 2.45) is 0 Å². The third-order valence-electron chi connectivity index (χ3n) is 5.48. The third kappa shape index (κ3) is 4.44. The molecule has 4 aromatic rings. The van der Waals surface area contributed by atoms with Gasteiger partial charge in [0, 0.05) is 23.5 Å². The van der Waals surface area contributed by atoms with Crippen molar-refractivity contribution >= 4 is 21.0 Å². The van der Waals surface area contributed by atoms with Crippen molar-refractivity contribution in [3.63, 3.8) is 0 Å². The Morgan fingerprint density at radius 1 is 1.12 bits per heavy atom. The molecule has 5 rings (SSSR count). The first-order valence-electron chi connectivity index (χ1n) is 10.6. The normalized spacial score (nSPS) is 13.4. The van der Waals surface area contributed by atoms with Gasteiger partial charge in [-0.1, -0.05) is 12.1 Å². The lowest BCUT2D eigenvalue weighted by atomic mass is 9.98. The molecule has 0 aliphatic carbocycles. The lowest BCUT2D eigenvalue weighted by molar-refractivity contribution is 0.219. The van der Waals surface area contributed by atoms with E-state index in [0.717, 1.165) is 64.8 Å². The van der Waals surface area contributed by atoms with E-state index >= 15 is 0 Å². The van der Waals surface area contributed by atoms with Gasteiger partial charge in [0.05, 0.1) is 22.9 Å². The zero-order chi connectivity index (χ0) is 23.0. The van der Waals surface area contributed by atoms with E-state index in [1.54, 1.807) is 0 Å². The third-order valence-corrected chi connectivity index (χ3v) is 6.07. The number of ether oxygens (including phenoxy) is 1. The molecule has 0 bridgehead atoms. The van der Waals surface area contributed by atoms with E-state index in [1.807, 2.05) is 43.3 Å². The summed E-state index contributed by atoms with van der Waals surface area (Å²) in [7, 11) is -3.53. The van der Waals surface area contributed by atoms with E-state index in [0.29, 0.717) is 5.88 Å². The SMILES string of the molecule is Cc1cccc(-c2nn3c(c2-c2ccc4ncnc(OCCOS(C)(=O)=O)c4c2)CCC3)n1. The van der Waals surface area contributed by atoms with E-state index < -0.39 is 10.1 Å². The van der Waals surface area contributed by atoms with Crippen molar-refractivity contribution in [2.75, 3.05) is 19.5 Å². The van der Waals surface area contributed by atoms with Gasteiger partial charge in [-0.15, -0.1) is 0 Å². The number of pyridine rings is 1. The molecule has 33 heavy (non-hydrogen) atoms. The molecule has 10 heteroatoms. The molecule has 0 unspecified atom stereocenters. The highest BCUT2D eigenvalue weighted by Crippen LogP contribution is 2.38. The van der Waals surface area contributed by atoms with Gasteiger partial charge >= 0.3 is 0 Å². The Morgan fingerprint density at radius 3 is 2.82 bits per heavy atom. The lowest BCUT2D eigenvalue weighted by Gasteiger charge is -2.10. The largest absolute Gasteiger partial charge is 0.475 e. The first-order valence-corrected chi connectivity index (χ1v) is 12.5. The van der Waals surface area contributed by atoms with Crippen LogP contribution in [-0.4, -0.2) is 52.6 Å². The minimum atomic E-state index is -3.53. The summed E-state index contributed by atoms with van der Waals surface area (Å²) in [4.78, 5) is 13.3. The zero-order valence-corrected chi connectivity index (χ0v) is 19.2. The Morgan fingerprint density at radius 2 is 2.00 bits per heavy atom. The Balaban J connectivity index is 1.56. The van der Waals surface area contributed by atoms with Crippen LogP contribution in [0.1, 0.15) is 17.8 Å². The number of hydrogen-bond donors (Lipinski definition) is 0. The number of aromatic nitrogens is 5. The van der Waals surface area contributed by atoms with Crippen molar-refractivity contribution in [2.45, 2.75) is 26.3 Å². The van der Waals surface area contributed by atoms with E-state index in [-0.39, 0.29) is 13.2 Å². The summed E-state index contributed by atoms with van der Waals surface area (Å²) < 4.78 is 34.9. The summed E-state index contributed by atoms with van der Waals surface area (Å²) in [5.74, 6) is 0.373. The summed E-state index contributed by atoms with van der Waals surface area (Å²) in [6, 6.07) is 11.9. The van der Waals surface area contributed by atoms with Crippen LogP contribution in [0.3, 0.4) is 0 Å². The standard InChI is InChI=1S/C23H23N5O4S/c1-15-5-3-6-19(26-15)22-21(20-7-4-10-28(20)27-22)16-8-9-18-17(13-16)23(25-14-24-18)31-11-12-32-33(2,29)30/h3,5-6,8-9,13-14H,4,7,10-12H2,1-2H3.